The van der Waals surface area contributed by atoms with E-state index in [0.29, 0.717) is 19.5 Å². The minimum atomic E-state index is -1.65. The van der Waals surface area contributed by atoms with E-state index in [4.69, 9.17) is 16.2 Å². The van der Waals surface area contributed by atoms with E-state index in [-0.39, 0.29) is 40.6 Å². The lowest BCUT2D eigenvalue weighted by molar-refractivity contribution is 0.153. The molecule has 1 aliphatic heterocycles. The highest BCUT2D eigenvalue weighted by atomic mass is 19.1. The Balaban J connectivity index is 1.91. The van der Waals surface area contributed by atoms with Crippen molar-refractivity contribution in [1.29, 1.82) is 0 Å². The van der Waals surface area contributed by atoms with Crippen LogP contribution >= 0.6 is 0 Å². The summed E-state index contributed by atoms with van der Waals surface area (Å²) in [6.07, 6.45) is 0.657. The van der Waals surface area contributed by atoms with Crippen molar-refractivity contribution in [3.8, 4) is 0 Å². The summed E-state index contributed by atoms with van der Waals surface area (Å²) in [7, 11) is 1.41. The number of hydrogen-bond acceptors (Lipinski definition) is 7. The van der Waals surface area contributed by atoms with E-state index in [0.717, 1.165) is 12.8 Å². The number of aromatic amines is 1. The van der Waals surface area contributed by atoms with Gasteiger partial charge in [0.1, 0.15) is 11.8 Å². The van der Waals surface area contributed by atoms with Gasteiger partial charge in [0.05, 0.1) is 30.0 Å². The maximum absolute atomic E-state index is 15.4. The molecule has 1 aromatic heterocycles. The second-order valence-electron chi connectivity index (χ2n) is 7.84. The zero-order valence-electron chi connectivity index (χ0n) is 15.7. The number of alkyl halides is 1. The summed E-state index contributed by atoms with van der Waals surface area (Å²) in [4.78, 5) is 29.1. The number of aromatic nitrogens is 2. The van der Waals surface area contributed by atoms with Gasteiger partial charge in [-0.15, -0.1) is 0 Å². The van der Waals surface area contributed by atoms with Gasteiger partial charge < -0.3 is 21.3 Å². The Morgan fingerprint density at radius 2 is 2.07 bits per heavy atom. The van der Waals surface area contributed by atoms with Crippen molar-refractivity contribution in [3.63, 3.8) is 0 Å². The molecule has 1 saturated carbocycles. The quantitative estimate of drug-likeness (QED) is 0.418. The number of nitrogens with zero attached hydrogens (tertiary/aromatic N) is 2. The normalized spacial score (nSPS) is 29.1. The van der Waals surface area contributed by atoms with Gasteiger partial charge in [0.25, 0.3) is 5.56 Å². The Labute approximate surface area is 160 Å². The SMILES string of the molecule is COC1=c2c(c(=O)[nH]c(=O)n2C2CC2)=C(N)C(F)C1N1CCC(C(N)CO)C1. The molecule has 4 rings (SSSR count). The van der Waals surface area contributed by atoms with Crippen molar-refractivity contribution in [2.24, 2.45) is 17.4 Å². The summed E-state index contributed by atoms with van der Waals surface area (Å²) in [6, 6.07) is -1.29. The van der Waals surface area contributed by atoms with E-state index < -0.39 is 29.5 Å². The second kappa shape index (κ2) is 7.02. The van der Waals surface area contributed by atoms with Gasteiger partial charge in [0.2, 0.25) is 0 Å². The van der Waals surface area contributed by atoms with Crippen LogP contribution in [-0.2, 0) is 4.74 Å². The number of fused-ring (bicyclic) bond motifs is 1. The van der Waals surface area contributed by atoms with Crippen LogP contribution in [0, 0.1) is 5.92 Å². The standard InChI is InChI=1S/C18H26FN5O4/c1-28-16-14-11(17(26)22-18(27)24(14)9-2-3-9)13(21)12(19)15(16)23-5-4-8(6-23)10(20)7-25/h8-10,12,15,25H,2-7,20-21H2,1H3,(H,22,26,27). The molecule has 1 saturated heterocycles. The minimum absolute atomic E-state index is 0.0164. The number of nitrogens with two attached hydrogens (primary N) is 2. The Morgan fingerprint density at radius 3 is 2.68 bits per heavy atom. The number of aliphatic hydroxyl groups excluding tert-OH is 1. The van der Waals surface area contributed by atoms with Gasteiger partial charge in [-0.25, -0.2) is 9.18 Å². The molecule has 1 aromatic rings. The van der Waals surface area contributed by atoms with E-state index in [1.807, 2.05) is 4.90 Å². The fourth-order valence-electron chi connectivity index (χ4n) is 4.46. The summed E-state index contributed by atoms with van der Waals surface area (Å²) in [5, 5.41) is 9.60. The molecule has 2 fully saturated rings. The number of halogens is 1. The third kappa shape index (κ3) is 2.87. The molecular weight excluding hydrogens is 369 g/mol. The summed E-state index contributed by atoms with van der Waals surface area (Å²) in [5.41, 5.74) is 10.6. The number of ether oxygens (including phenoxy) is 1. The van der Waals surface area contributed by atoms with Crippen molar-refractivity contribution < 1.29 is 14.2 Å². The molecule has 9 nitrogen and oxygen atoms in total. The monoisotopic (exact) mass is 395 g/mol. The minimum Gasteiger partial charge on any atom is -0.497 e. The number of hydrogen-bond donors (Lipinski definition) is 4. The van der Waals surface area contributed by atoms with Crippen molar-refractivity contribution >= 4 is 11.5 Å². The first-order valence-electron chi connectivity index (χ1n) is 9.56. The lowest BCUT2D eigenvalue weighted by atomic mass is 9.97. The molecule has 6 N–H and O–H groups in total. The first-order valence-corrected chi connectivity index (χ1v) is 9.56. The van der Waals surface area contributed by atoms with Gasteiger partial charge in [-0.2, -0.15) is 0 Å². The topological polar surface area (TPSA) is 140 Å². The molecule has 10 heteroatoms. The molecule has 2 aliphatic carbocycles. The van der Waals surface area contributed by atoms with Crippen molar-refractivity contribution in [1.82, 2.24) is 14.5 Å². The Hall–Kier alpha value is -2.17. The number of aliphatic hydroxyl groups is 1. The Morgan fingerprint density at radius 1 is 1.36 bits per heavy atom. The van der Waals surface area contributed by atoms with E-state index in [1.54, 1.807) is 0 Å². The van der Waals surface area contributed by atoms with Gasteiger partial charge in [0.15, 0.2) is 6.17 Å². The number of likely N-dealkylation sites (tertiary alicyclic amines) is 1. The number of rotatable bonds is 5. The smallest absolute Gasteiger partial charge is 0.329 e. The summed E-state index contributed by atoms with van der Waals surface area (Å²) in [5.74, 6) is 0.257. The van der Waals surface area contributed by atoms with Gasteiger partial charge in [-0.05, 0) is 31.7 Å². The van der Waals surface area contributed by atoms with E-state index in [2.05, 4.69) is 4.98 Å². The molecule has 3 aliphatic rings. The number of methoxy groups -OCH3 is 1. The van der Waals surface area contributed by atoms with Crippen molar-refractivity contribution in [2.75, 3.05) is 26.8 Å². The molecule has 4 atom stereocenters. The summed E-state index contributed by atoms with van der Waals surface area (Å²) < 4.78 is 22.5. The zero-order valence-corrected chi connectivity index (χ0v) is 15.7. The van der Waals surface area contributed by atoms with Crippen LogP contribution in [0.25, 0.3) is 11.5 Å². The largest absolute Gasteiger partial charge is 0.497 e. The lowest BCUT2D eigenvalue weighted by Gasteiger charge is -2.34. The molecule has 0 radical (unpaired) electrons. The molecule has 0 bridgehead atoms. The molecule has 4 unspecified atom stereocenters. The predicted octanol–water partition coefficient (Wildman–Crippen LogP) is -2.95. The van der Waals surface area contributed by atoms with Gasteiger partial charge in [-0.3, -0.25) is 19.2 Å². The van der Waals surface area contributed by atoms with Crippen molar-refractivity contribution in [2.45, 2.75) is 43.6 Å². The van der Waals surface area contributed by atoms with Crippen LogP contribution in [-0.4, -0.2) is 64.6 Å². The van der Waals surface area contributed by atoms with Crippen LogP contribution in [0.1, 0.15) is 25.3 Å². The highest BCUT2D eigenvalue weighted by Crippen LogP contribution is 2.33. The highest BCUT2D eigenvalue weighted by Gasteiger charge is 2.43. The predicted molar refractivity (Wildman–Crippen MR) is 100 cm³/mol. The molecule has 0 amide bonds. The average molecular weight is 395 g/mol. The molecule has 0 spiro atoms. The Bertz CT molecular complexity index is 1010. The average Bonchev–Trinajstić information content (AvgIpc) is 3.38. The van der Waals surface area contributed by atoms with Gasteiger partial charge in [0, 0.05) is 18.6 Å². The highest BCUT2D eigenvalue weighted by molar-refractivity contribution is 5.60. The van der Waals surface area contributed by atoms with Gasteiger partial charge >= 0.3 is 5.69 Å². The molecular formula is C18H26FN5O4. The van der Waals surface area contributed by atoms with E-state index in [1.165, 1.54) is 11.7 Å². The van der Waals surface area contributed by atoms with Crippen LogP contribution in [0.15, 0.2) is 9.59 Å². The van der Waals surface area contributed by atoms with Crippen LogP contribution < -0.4 is 33.3 Å². The number of H-pyrrole nitrogens is 1. The third-order valence-corrected chi connectivity index (χ3v) is 6.11. The maximum Gasteiger partial charge on any atom is 0.329 e. The first-order chi connectivity index (χ1) is 13.4. The molecule has 28 heavy (non-hydrogen) atoms. The summed E-state index contributed by atoms with van der Waals surface area (Å²) >= 11 is 0. The van der Waals surface area contributed by atoms with Crippen molar-refractivity contribution in [3.05, 3.63) is 31.4 Å². The van der Waals surface area contributed by atoms with Gasteiger partial charge in [-0.1, -0.05) is 0 Å². The molecule has 0 aromatic carbocycles. The van der Waals surface area contributed by atoms with Crippen LogP contribution in [0.3, 0.4) is 0 Å². The maximum atomic E-state index is 15.4. The Kier molecular flexibility index (Phi) is 4.80. The first kappa shape index (κ1) is 19.2. The fourth-order valence-corrected chi connectivity index (χ4v) is 4.46. The fraction of sp³-hybridized carbons (Fsp3) is 0.667. The van der Waals surface area contributed by atoms with Crippen LogP contribution in [0.4, 0.5) is 4.39 Å². The third-order valence-electron chi connectivity index (χ3n) is 6.11. The van der Waals surface area contributed by atoms with E-state index in [9.17, 15) is 14.7 Å². The second-order valence-corrected chi connectivity index (χ2v) is 7.84. The van der Waals surface area contributed by atoms with E-state index >= 15 is 4.39 Å². The van der Waals surface area contributed by atoms with Crippen LogP contribution in [0.5, 0.6) is 0 Å². The summed E-state index contributed by atoms with van der Waals surface area (Å²) in [6.45, 7) is 0.881. The number of nitrogens with one attached hydrogen (secondary N) is 1. The molecule has 2 heterocycles. The molecule has 154 valence electrons. The zero-order chi connectivity index (χ0) is 20.2. The van der Waals surface area contributed by atoms with Crippen LogP contribution in [0.2, 0.25) is 0 Å². The lowest BCUT2D eigenvalue weighted by Crippen LogP contribution is -2.63.